The summed E-state index contributed by atoms with van der Waals surface area (Å²) in [6, 6.07) is -2.36. The number of nitrogens with two attached hydrogens (primary N) is 4. The molecule has 0 aliphatic carbocycles. The van der Waals surface area contributed by atoms with Gasteiger partial charge in [0.15, 0.2) is 5.96 Å². The fraction of sp³-hybridized carbons (Fsp3) is 0.481. The molecule has 0 aliphatic heterocycles. The van der Waals surface area contributed by atoms with Crippen molar-refractivity contribution >= 4 is 47.4 Å². The number of rotatable bonds is 21. The van der Waals surface area contributed by atoms with E-state index in [0.29, 0.717) is 5.56 Å². The van der Waals surface area contributed by atoms with Crippen LogP contribution in [0.15, 0.2) is 29.3 Å². The third-order valence-electron chi connectivity index (χ3n) is 6.43. The molecule has 260 valence electrons. The summed E-state index contributed by atoms with van der Waals surface area (Å²) < 4.78 is 0. The Hall–Kier alpha value is -5.50. The molecule has 47 heavy (non-hydrogen) atoms. The van der Waals surface area contributed by atoms with E-state index in [0.717, 1.165) is 0 Å². The van der Waals surface area contributed by atoms with Crippen LogP contribution in [0.3, 0.4) is 0 Å². The van der Waals surface area contributed by atoms with Crippen LogP contribution in [0.1, 0.15) is 37.7 Å². The molecule has 1 aromatic carbocycles. The summed E-state index contributed by atoms with van der Waals surface area (Å²) in [7, 11) is 0. The number of benzene rings is 1. The number of carbonyl (C=O) groups is 7. The molecule has 0 fully saturated rings. The van der Waals surface area contributed by atoms with Gasteiger partial charge in [-0.05, 0) is 37.0 Å². The van der Waals surface area contributed by atoms with Gasteiger partial charge in [-0.25, -0.2) is 4.79 Å². The summed E-state index contributed by atoms with van der Waals surface area (Å²) in [6.45, 7) is -0.745. The van der Waals surface area contributed by atoms with Crippen LogP contribution in [0, 0.1) is 0 Å². The number of hydrogen-bond donors (Lipinski definition) is 12. The average Bonchev–Trinajstić information content (AvgIpc) is 2.99. The van der Waals surface area contributed by atoms with Crippen LogP contribution in [0.4, 0.5) is 0 Å². The molecule has 0 aromatic heterocycles. The lowest BCUT2D eigenvalue weighted by molar-refractivity contribution is -0.142. The summed E-state index contributed by atoms with van der Waals surface area (Å²) in [5.74, 6) is -8.30. The molecule has 5 atom stereocenters. The first-order valence-electron chi connectivity index (χ1n) is 14.2. The zero-order valence-corrected chi connectivity index (χ0v) is 25.3. The van der Waals surface area contributed by atoms with E-state index in [1.54, 1.807) is 0 Å². The average molecular weight is 668 g/mol. The molecule has 5 amide bonds. The second-order valence-electron chi connectivity index (χ2n) is 10.3. The van der Waals surface area contributed by atoms with Crippen molar-refractivity contribution < 1.29 is 54.0 Å². The van der Waals surface area contributed by atoms with Crippen LogP contribution in [-0.2, 0) is 40.0 Å². The number of carbonyl (C=O) groups excluding carboxylic acids is 5. The Morgan fingerprint density at radius 3 is 1.81 bits per heavy atom. The van der Waals surface area contributed by atoms with E-state index in [1.165, 1.54) is 24.3 Å². The van der Waals surface area contributed by atoms with Gasteiger partial charge in [-0.3, -0.25) is 33.8 Å². The van der Waals surface area contributed by atoms with E-state index in [1.807, 2.05) is 0 Å². The van der Waals surface area contributed by atoms with Gasteiger partial charge in [-0.1, -0.05) is 12.1 Å². The number of aliphatic carboxylic acids is 2. The highest BCUT2D eigenvalue weighted by Gasteiger charge is 2.33. The molecule has 16 N–H and O–H groups in total. The predicted molar refractivity (Wildman–Crippen MR) is 163 cm³/mol. The highest BCUT2D eigenvalue weighted by Crippen LogP contribution is 2.12. The Morgan fingerprint density at radius 2 is 1.28 bits per heavy atom. The molecule has 0 unspecified atom stereocenters. The maximum Gasteiger partial charge on any atom is 0.326 e. The van der Waals surface area contributed by atoms with Crippen LogP contribution in [0.5, 0.6) is 5.75 Å². The predicted octanol–water partition coefficient (Wildman–Crippen LogP) is -4.93. The number of phenolic OH excluding ortho intramolecular Hbond substituents is 1. The second-order valence-corrected chi connectivity index (χ2v) is 10.3. The van der Waals surface area contributed by atoms with Gasteiger partial charge >= 0.3 is 11.9 Å². The monoisotopic (exact) mass is 667 g/mol. The molecule has 0 heterocycles. The van der Waals surface area contributed by atoms with Gasteiger partial charge in [0.1, 0.15) is 36.0 Å². The van der Waals surface area contributed by atoms with E-state index in [-0.39, 0.29) is 43.9 Å². The van der Waals surface area contributed by atoms with Crippen LogP contribution < -0.4 is 44.2 Å². The molecule has 1 rings (SSSR count). The highest BCUT2D eigenvalue weighted by molar-refractivity contribution is 5.96. The first kappa shape index (κ1) is 39.5. The number of nitrogens with zero attached hydrogens (tertiary/aromatic N) is 1. The first-order valence-corrected chi connectivity index (χ1v) is 14.2. The molecule has 0 saturated carbocycles. The molecular formula is C27H41N9O11. The Bertz CT molecular complexity index is 1300. The third kappa shape index (κ3) is 15.4. The highest BCUT2D eigenvalue weighted by atomic mass is 16.4. The summed E-state index contributed by atoms with van der Waals surface area (Å²) in [5, 5.41) is 46.6. The van der Waals surface area contributed by atoms with E-state index >= 15 is 0 Å². The maximum absolute atomic E-state index is 13.5. The van der Waals surface area contributed by atoms with Gasteiger partial charge in [0.05, 0.1) is 13.0 Å². The minimum atomic E-state index is -1.75. The normalized spacial score (nSPS) is 13.8. The SMILES string of the molecule is NC(=O)CC[C@H](NC(=O)[C@H](Cc1ccc(O)cc1)NC(=O)[C@H](CC(=O)O)NC(=O)[C@@H](N)CO)C(=O)N[C@@H](CCCN=C(N)N)C(=O)O. The number of hydrogen-bond acceptors (Lipinski definition) is 11. The lowest BCUT2D eigenvalue weighted by Crippen LogP contribution is -2.59. The Morgan fingerprint density at radius 1 is 0.745 bits per heavy atom. The number of guanidine groups is 1. The fourth-order valence-electron chi connectivity index (χ4n) is 3.96. The molecule has 0 spiro atoms. The van der Waals surface area contributed by atoms with Crippen LogP contribution in [-0.4, -0.2) is 111 Å². The number of carboxylic acids is 2. The maximum atomic E-state index is 13.5. The van der Waals surface area contributed by atoms with E-state index in [2.05, 4.69) is 26.3 Å². The lowest BCUT2D eigenvalue weighted by Gasteiger charge is -2.26. The first-order chi connectivity index (χ1) is 22.0. The number of nitrogens with one attached hydrogen (secondary N) is 4. The molecule has 20 nitrogen and oxygen atoms in total. The smallest absolute Gasteiger partial charge is 0.326 e. The van der Waals surface area contributed by atoms with Crippen molar-refractivity contribution in [2.75, 3.05) is 13.2 Å². The number of primary amides is 1. The van der Waals surface area contributed by atoms with E-state index in [4.69, 9.17) is 28.0 Å². The standard InChI is InChI=1S/C27H41N9O11/c28-15(12-37)22(42)35-19(11-21(40)41)25(45)36-18(10-13-3-5-14(38)6-4-13)24(44)33-16(7-8-20(29)39)23(43)34-17(26(46)47)2-1-9-32-27(30)31/h3-6,15-19,37-38H,1-2,7-12,28H2,(H2,29,39)(H,33,44)(H,34,43)(H,35,42)(H,36,45)(H,40,41)(H,46,47)(H4,30,31,32)/t15-,16-,17-,18-,19-/m0/s1. The third-order valence-corrected chi connectivity index (χ3v) is 6.43. The van der Waals surface area contributed by atoms with Gasteiger partial charge in [-0.15, -0.1) is 0 Å². The Labute approximate surface area is 268 Å². The number of aliphatic imine (C=N–C) groups is 1. The van der Waals surface area contributed by atoms with Gasteiger partial charge < -0.3 is 64.6 Å². The molecule has 0 bridgehead atoms. The van der Waals surface area contributed by atoms with Crippen molar-refractivity contribution in [1.82, 2.24) is 21.3 Å². The zero-order chi connectivity index (χ0) is 35.7. The molecule has 0 radical (unpaired) electrons. The van der Waals surface area contributed by atoms with E-state index < -0.39 is 91.1 Å². The van der Waals surface area contributed by atoms with Crippen molar-refractivity contribution in [3.63, 3.8) is 0 Å². The number of amides is 5. The minimum absolute atomic E-state index is 0.0672. The summed E-state index contributed by atoms with van der Waals surface area (Å²) in [5.41, 5.74) is 21.5. The quantitative estimate of drug-likeness (QED) is 0.0332. The van der Waals surface area contributed by atoms with E-state index in [9.17, 15) is 48.9 Å². The van der Waals surface area contributed by atoms with Gasteiger partial charge in [0.25, 0.3) is 0 Å². The molecule has 1 aromatic rings. The van der Waals surface area contributed by atoms with Gasteiger partial charge in [-0.2, -0.15) is 0 Å². The molecule has 20 heteroatoms. The number of phenols is 1. The van der Waals surface area contributed by atoms with Crippen LogP contribution in [0.2, 0.25) is 0 Å². The number of aromatic hydroxyl groups is 1. The Balaban J connectivity index is 3.31. The molecular weight excluding hydrogens is 626 g/mol. The topological polar surface area (TPSA) is 365 Å². The lowest BCUT2D eigenvalue weighted by atomic mass is 10.0. The van der Waals surface area contributed by atoms with Crippen molar-refractivity contribution in [2.45, 2.75) is 68.7 Å². The Kier molecular flexibility index (Phi) is 16.6. The van der Waals surface area contributed by atoms with Gasteiger partial charge in [0, 0.05) is 19.4 Å². The van der Waals surface area contributed by atoms with Crippen molar-refractivity contribution in [2.24, 2.45) is 27.9 Å². The largest absolute Gasteiger partial charge is 0.508 e. The minimum Gasteiger partial charge on any atom is -0.508 e. The van der Waals surface area contributed by atoms with Crippen LogP contribution in [0.25, 0.3) is 0 Å². The van der Waals surface area contributed by atoms with Crippen LogP contribution >= 0.6 is 0 Å². The molecule has 0 saturated heterocycles. The number of aliphatic hydroxyl groups excluding tert-OH is 1. The van der Waals surface area contributed by atoms with Crippen molar-refractivity contribution in [3.8, 4) is 5.75 Å². The zero-order valence-electron chi connectivity index (χ0n) is 25.3. The second kappa shape index (κ2) is 19.8. The van der Waals surface area contributed by atoms with Gasteiger partial charge in [0.2, 0.25) is 29.5 Å². The van der Waals surface area contributed by atoms with Crippen molar-refractivity contribution in [1.29, 1.82) is 0 Å². The summed E-state index contributed by atoms with van der Waals surface area (Å²) in [6.07, 6.45) is -1.95. The number of carboxylic acid groups (broad SMARTS) is 2. The molecule has 0 aliphatic rings. The summed E-state index contributed by atoms with van der Waals surface area (Å²) in [4.78, 5) is 90.5. The summed E-state index contributed by atoms with van der Waals surface area (Å²) >= 11 is 0. The fourth-order valence-corrected chi connectivity index (χ4v) is 3.96. The number of aliphatic hydroxyl groups is 1. The van der Waals surface area contributed by atoms with Crippen molar-refractivity contribution in [3.05, 3.63) is 29.8 Å².